The lowest BCUT2D eigenvalue weighted by Crippen LogP contribution is -2.47. The van der Waals surface area contributed by atoms with Crippen LogP contribution in [0.25, 0.3) is 0 Å². The van der Waals surface area contributed by atoms with E-state index in [-0.39, 0.29) is 5.91 Å². The van der Waals surface area contributed by atoms with Gasteiger partial charge in [0.1, 0.15) is 10.8 Å². The number of amides is 1. The van der Waals surface area contributed by atoms with Gasteiger partial charge >= 0.3 is 0 Å². The number of ether oxygens (including phenoxy) is 1. The molecule has 3 rings (SSSR count). The average Bonchev–Trinajstić information content (AvgIpc) is 2.78. The zero-order valence-electron chi connectivity index (χ0n) is 17.1. The monoisotopic (exact) mass is 415 g/mol. The molecule has 0 aliphatic carbocycles. The molecule has 1 aliphatic rings. The molecule has 1 amide bonds. The van der Waals surface area contributed by atoms with Crippen molar-refractivity contribution in [2.24, 2.45) is 0 Å². The molecule has 1 aromatic carbocycles. The van der Waals surface area contributed by atoms with E-state index in [9.17, 15) is 4.79 Å². The quantitative estimate of drug-likeness (QED) is 0.499. The number of hydrogen-bond donors (Lipinski definition) is 1. The summed E-state index contributed by atoms with van der Waals surface area (Å²) in [6.07, 6.45) is 5.48. The van der Waals surface area contributed by atoms with Crippen LogP contribution in [0.5, 0.6) is 5.75 Å². The summed E-state index contributed by atoms with van der Waals surface area (Å²) in [5.74, 6) is 2.15. The summed E-state index contributed by atoms with van der Waals surface area (Å²) in [4.78, 5) is 25.6. The molecule has 1 saturated heterocycles. The SMILES string of the molecule is CCCCNC(=O)CSc1nccnc1N1CCN(c2ccccc2OC)CC1. The Morgan fingerprint density at radius 1 is 1.14 bits per heavy atom. The Morgan fingerprint density at radius 3 is 2.62 bits per heavy atom. The van der Waals surface area contributed by atoms with Crippen molar-refractivity contribution in [3.05, 3.63) is 36.7 Å². The molecule has 1 N–H and O–H groups in total. The van der Waals surface area contributed by atoms with E-state index in [1.165, 1.54) is 11.8 Å². The number of methoxy groups -OCH3 is 1. The van der Waals surface area contributed by atoms with E-state index in [1.807, 2.05) is 18.2 Å². The van der Waals surface area contributed by atoms with Gasteiger partial charge in [-0.1, -0.05) is 37.2 Å². The molecule has 0 unspecified atom stereocenters. The summed E-state index contributed by atoms with van der Waals surface area (Å²) in [5, 5.41) is 3.76. The summed E-state index contributed by atoms with van der Waals surface area (Å²) in [6.45, 7) is 6.27. The smallest absolute Gasteiger partial charge is 0.230 e. The molecule has 1 aliphatic heterocycles. The molecule has 8 heteroatoms. The van der Waals surface area contributed by atoms with Crippen molar-refractivity contribution >= 4 is 29.2 Å². The van der Waals surface area contributed by atoms with E-state index < -0.39 is 0 Å². The summed E-state index contributed by atoms with van der Waals surface area (Å²) >= 11 is 1.45. The number of nitrogens with one attached hydrogen (secondary N) is 1. The summed E-state index contributed by atoms with van der Waals surface area (Å²) < 4.78 is 5.50. The van der Waals surface area contributed by atoms with Crippen molar-refractivity contribution in [1.29, 1.82) is 0 Å². The highest BCUT2D eigenvalue weighted by Gasteiger charge is 2.23. The normalized spacial score (nSPS) is 14.0. The molecule has 0 radical (unpaired) electrons. The topological polar surface area (TPSA) is 70.6 Å². The van der Waals surface area contributed by atoms with Crippen LogP contribution in [0.1, 0.15) is 19.8 Å². The second-order valence-corrected chi connectivity index (χ2v) is 7.79. The largest absolute Gasteiger partial charge is 0.495 e. The average molecular weight is 416 g/mol. The summed E-state index contributed by atoms with van der Waals surface area (Å²) in [7, 11) is 1.70. The zero-order chi connectivity index (χ0) is 20.5. The highest BCUT2D eigenvalue weighted by Crippen LogP contribution is 2.30. The van der Waals surface area contributed by atoms with E-state index in [1.54, 1.807) is 19.5 Å². The Kier molecular flexibility index (Phi) is 7.98. The molecule has 156 valence electrons. The third-order valence-electron chi connectivity index (χ3n) is 4.84. The van der Waals surface area contributed by atoms with Gasteiger partial charge in [-0.15, -0.1) is 0 Å². The maximum atomic E-state index is 12.0. The third-order valence-corrected chi connectivity index (χ3v) is 5.81. The molecular formula is C21H29N5O2S. The lowest BCUT2D eigenvalue weighted by atomic mass is 10.2. The van der Waals surface area contributed by atoms with Crippen molar-refractivity contribution in [1.82, 2.24) is 15.3 Å². The van der Waals surface area contributed by atoms with E-state index in [0.717, 1.165) is 67.8 Å². The number of nitrogens with zero attached hydrogens (tertiary/aromatic N) is 4. The molecule has 1 aromatic heterocycles. The fourth-order valence-electron chi connectivity index (χ4n) is 3.28. The van der Waals surface area contributed by atoms with E-state index in [2.05, 4.69) is 38.1 Å². The number of unbranched alkanes of at least 4 members (excludes halogenated alkanes) is 1. The van der Waals surface area contributed by atoms with Gasteiger partial charge in [0.2, 0.25) is 5.91 Å². The number of aromatic nitrogens is 2. The van der Waals surface area contributed by atoms with Gasteiger partial charge < -0.3 is 19.9 Å². The van der Waals surface area contributed by atoms with Gasteiger partial charge in [-0.05, 0) is 18.6 Å². The lowest BCUT2D eigenvalue weighted by molar-refractivity contribution is -0.118. The van der Waals surface area contributed by atoms with Gasteiger partial charge in [-0.3, -0.25) is 4.79 Å². The predicted molar refractivity (Wildman–Crippen MR) is 118 cm³/mol. The van der Waals surface area contributed by atoms with Gasteiger partial charge in [-0.25, -0.2) is 9.97 Å². The Balaban J connectivity index is 1.59. The molecule has 2 heterocycles. The minimum Gasteiger partial charge on any atom is -0.495 e. The second kappa shape index (κ2) is 10.9. The molecule has 0 bridgehead atoms. The van der Waals surface area contributed by atoms with Crippen LogP contribution in [0.4, 0.5) is 11.5 Å². The van der Waals surface area contributed by atoms with Gasteiger partial charge in [0, 0.05) is 45.1 Å². The van der Waals surface area contributed by atoms with Crippen LogP contribution in [-0.4, -0.2) is 61.5 Å². The molecule has 0 saturated carbocycles. The highest BCUT2D eigenvalue weighted by molar-refractivity contribution is 8.00. The van der Waals surface area contributed by atoms with Crippen LogP contribution in [0.3, 0.4) is 0 Å². The number of rotatable bonds is 9. The highest BCUT2D eigenvalue weighted by atomic mass is 32.2. The lowest BCUT2D eigenvalue weighted by Gasteiger charge is -2.37. The Morgan fingerprint density at radius 2 is 1.86 bits per heavy atom. The van der Waals surface area contributed by atoms with Crippen molar-refractivity contribution in [2.75, 3.05) is 55.4 Å². The first-order valence-electron chi connectivity index (χ1n) is 10.1. The number of anilines is 2. The van der Waals surface area contributed by atoms with Gasteiger partial charge in [0.25, 0.3) is 0 Å². The Hall–Kier alpha value is -2.48. The number of carbonyl (C=O) groups excluding carboxylic acids is 1. The molecular weight excluding hydrogens is 386 g/mol. The number of piperazine rings is 1. The van der Waals surface area contributed by atoms with Crippen LogP contribution < -0.4 is 19.9 Å². The standard InChI is InChI=1S/C21H29N5O2S/c1-3-4-9-22-19(27)16-29-21-20(23-10-11-24-21)26-14-12-25(13-15-26)17-7-5-6-8-18(17)28-2/h5-8,10-11H,3-4,9,12-16H2,1-2H3,(H,22,27). The van der Waals surface area contributed by atoms with Crippen LogP contribution in [0.15, 0.2) is 41.7 Å². The minimum atomic E-state index is 0.0426. The molecule has 7 nitrogen and oxygen atoms in total. The molecule has 1 fully saturated rings. The maximum absolute atomic E-state index is 12.0. The number of carbonyl (C=O) groups is 1. The van der Waals surface area contributed by atoms with Crippen molar-refractivity contribution in [2.45, 2.75) is 24.8 Å². The van der Waals surface area contributed by atoms with Crippen LogP contribution in [-0.2, 0) is 4.79 Å². The zero-order valence-corrected chi connectivity index (χ0v) is 18.0. The van der Waals surface area contributed by atoms with E-state index >= 15 is 0 Å². The molecule has 29 heavy (non-hydrogen) atoms. The van der Waals surface area contributed by atoms with E-state index in [4.69, 9.17) is 4.74 Å². The van der Waals surface area contributed by atoms with Crippen molar-refractivity contribution in [3.8, 4) is 5.75 Å². The van der Waals surface area contributed by atoms with Crippen LogP contribution in [0, 0.1) is 0 Å². The summed E-state index contributed by atoms with van der Waals surface area (Å²) in [6, 6.07) is 8.10. The van der Waals surface area contributed by atoms with Gasteiger partial charge in [0.15, 0.2) is 5.82 Å². The molecule has 0 spiro atoms. The first-order chi connectivity index (χ1) is 14.2. The number of para-hydroxylation sites is 2. The first kappa shape index (κ1) is 21.2. The first-order valence-corrected chi connectivity index (χ1v) is 11.0. The fraction of sp³-hybridized carbons (Fsp3) is 0.476. The number of benzene rings is 1. The summed E-state index contributed by atoms with van der Waals surface area (Å²) in [5.41, 5.74) is 1.12. The van der Waals surface area contributed by atoms with Gasteiger partial charge in [-0.2, -0.15) is 0 Å². The Labute approximate surface area is 176 Å². The molecule has 0 atom stereocenters. The third kappa shape index (κ3) is 5.76. The van der Waals surface area contributed by atoms with Crippen LogP contribution >= 0.6 is 11.8 Å². The maximum Gasteiger partial charge on any atom is 0.230 e. The molecule has 2 aromatic rings. The van der Waals surface area contributed by atoms with Crippen molar-refractivity contribution in [3.63, 3.8) is 0 Å². The van der Waals surface area contributed by atoms with E-state index in [0.29, 0.717) is 5.75 Å². The van der Waals surface area contributed by atoms with Crippen molar-refractivity contribution < 1.29 is 9.53 Å². The Bertz CT molecular complexity index is 796. The van der Waals surface area contributed by atoms with Crippen LogP contribution in [0.2, 0.25) is 0 Å². The predicted octanol–water partition coefficient (Wildman–Crippen LogP) is 2.82. The number of thioether (sulfide) groups is 1. The van der Waals surface area contributed by atoms with Gasteiger partial charge in [0.05, 0.1) is 18.6 Å². The number of hydrogen-bond acceptors (Lipinski definition) is 7. The second-order valence-electron chi connectivity index (χ2n) is 6.82. The fourth-order valence-corrected chi connectivity index (χ4v) is 4.09. The minimum absolute atomic E-state index is 0.0426.